The largest absolute Gasteiger partial charge is 0.330 e. The molecule has 0 aromatic carbocycles. The van der Waals surface area contributed by atoms with Crippen molar-refractivity contribution in [3.05, 3.63) is 0 Å². The van der Waals surface area contributed by atoms with Crippen molar-refractivity contribution in [1.82, 2.24) is 0 Å². The van der Waals surface area contributed by atoms with Crippen LogP contribution in [0.1, 0.15) is 26.7 Å². The van der Waals surface area contributed by atoms with E-state index in [1.54, 1.807) is 0 Å². The minimum Gasteiger partial charge on any atom is -0.330 e. The molecule has 0 fully saturated rings. The molecule has 62 valence electrons. The molecule has 3 heteroatoms. The molecule has 0 aliphatic heterocycles. The molecular formula is C6H18N2Pt. The Bertz CT molecular complexity index is 19.0. The Labute approximate surface area is 72.6 Å². The molecule has 0 bridgehead atoms. The second kappa shape index (κ2) is 23.5. The first-order valence-electron chi connectivity index (χ1n) is 3.23. The summed E-state index contributed by atoms with van der Waals surface area (Å²) in [6.45, 7) is 5.75. The second-order valence-electron chi connectivity index (χ2n) is 1.58. The fraction of sp³-hybridized carbons (Fsp3) is 1.00. The van der Waals surface area contributed by atoms with E-state index in [9.17, 15) is 0 Å². The fourth-order valence-corrected chi connectivity index (χ4v) is 0. The van der Waals surface area contributed by atoms with Gasteiger partial charge in [-0.3, -0.25) is 0 Å². The maximum Gasteiger partial charge on any atom is 0 e. The van der Waals surface area contributed by atoms with Crippen LogP contribution in [0.2, 0.25) is 0 Å². The monoisotopic (exact) mass is 313 g/mol. The summed E-state index contributed by atoms with van der Waals surface area (Å²) in [4.78, 5) is 0. The van der Waals surface area contributed by atoms with E-state index in [2.05, 4.69) is 13.8 Å². The van der Waals surface area contributed by atoms with Gasteiger partial charge in [-0.15, -0.1) is 0 Å². The molecule has 0 heterocycles. The molecule has 0 rings (SSSR count). The maximum absolute atomic E-state index is 5.03. The Hall–Kier alpha value is 0.608. The molecular weight excluding hydrogens is 295 g/mol. The van der Waals surface area contributed by atoms with Crippen LogP contribution in [-0.2, 0) is 21.1 Å². The van der Waals surface area contributed by atoms with Crippen LogP contribution in [0.25, 0.3) is 0 Å². The van der Waals surface area contributed by atoms with Gasteiger partial charge in [0.15, 0.2) is 0 Å². The molecule has 0 radical (unpaired) electrons. The number of rotatable bonds is 2. The fourth-order valence-electron chi connectivity index (χ4n) is 0. The first-order valence-corrected chi connectivity index (χ1v) is 3.23. The normalized spacial score (nSPS) is 6.67. The molecule has 4 N–H and O–H groups in total. The van der Waals surface area contributed by atoms with Crippen molar-refractivity contribution in [1.29, 1.82) is 0 Å². The van der Waals surface area contributed by atoms with Crippen LogP contribution in [0.5, 0.6) is 0 Å². The van der Waals surface area contributed by atoms with E-state index in [1.807, 2.05) is 0 Å². The van der Waals surface area contributed by atoms with Crippen LogP contribution in [0, 0.1) is 0 Å². The van der Waals surface area contributed by atoms with Crippen molar-refractivity contribution in [2.24, 2.45) is 11.5 Å². The van der Waals surface area contributed by atoms with E-state index in [0.717, 1.165) is 25.9 Å². The van der Waals surface area contributed by atoms with Crippen LogP contribution < -0.4 is 11.5 Å². The minimum absolute atomic E-state index is 0. The topological polar surface area (TPSA) is 52.0 Å². The van der Waals surface area contributed by atoms with Gasteiger partial charge in [0.2, 0.25) is 0 Å². The summed E-state index contributed by atoms with van der Waals surface area (Å²) in [5.74, 6) is 0. The van der Waals surface area contributed by atoms with Crippen LogP contribution >= 0.6 is 0 Å². The third-order valence-electron chi connectivity index (χ3n) is 0.577. The van der Waals surface area contributed by atoms with Crippen molar-refractivity contribution >= 4 is 0 Å². The van der Waals surface area contributed by atoms with E-state index in [4.69, 9.17) is 11.5 Å². The molecule has 0 aromatic rings. The molecule has 0 atom stereocenters. The van der Waals surface area contributed by atoms with Crippen LogP contribution in [0.15, 0.2) is 0 Å². The Balaban J connectivity index is -0.0000000720. The molecule has 2 nitrogen and oxygen atoms in total. The molecule has 0 saturated heterocycles. The molecule has 0 unspecified atom stereocenters. The van der Waals surface area contributed by atoms with E-state index >= 15 is 0 Å². The Morgan fingerprint density at radius 3 is 1.00 bits per heavy atom. The SMILES string of the molecule is CCCN.CCCN.[Pt]. The van der Waals surface area contributed by atoms with Gasteiger partial charge in [-0.2, -0.15) is 0 Å². The van der Waals surface area contributed by atoms with Crippen LogP contribution in [-0.4, -0.2) is 13.1 Å². The van der Waals surface area contributed by atoms with Gasteiger partial charge in [0, 0.05) is 21.1 Å². The molecule has 0 spiro atoms. The number of hydrogen-bond acceptors (Lipinski definition) is 2. The first kappa shape index (κ1) is 16.3. The van der Waals surface area contributed by atoms with Gasteiger partial charge in [0.05, 0.1) is 0 Å². The van der Waals surface area contributed by atoms with Gasteiger partial charge >= 0.3 is 0 Å². The Morgan fingerprint density at radius 1 is 0.889 bits per heavy atom. The van der Waals surface area contributed by atoms with E-state index in [-0.39, 0.29) is 21.1 Å². The molecule has 0 aliphatic rings. The van der Waals surface area contributed by atoms with Gasteiger partial charge < -0.3 is 11.5 Å². The van der Waals surface area contributed by atoms with Crippen LogP contribution in [0.4, 0.5) is 0 Å². The van der Waals surface area contributed by atoms with E-state index in [0.29, 0.717) is 0 Å². The molecule has 0 aliphatic carbocycles. The number of nitrogens with two attached hydrogens (primary N) is 2. The van der Waals surface area contributed by atoms with Gasteiger partial charge in [-0.05, 0) is 25.9 Å². The smallest absolute Gasteiger partial charge is 0 e. The first-order chi connectivity index (χ1) is 3.83. The molecule has 9 heavy (non-hydrogen) atoms. The zero-order chi connectivity index (χ0) is 6.83. The maximum atomic E-state index is 5.03. The molecule has 0 amide bonds. The Kier molecular flexibility index (Phi) is 42.5. The zero-order valence-corrected chi connectivity index (χ0v) is 8.57. The Morgan fingerprint density at radius 2 is 1.00 bits per heavy atom. The van der Waals surface area contributed by atoms with Crippen LogP contribution in [0.3, 0.4) is 0 Å². The summed E-state index contributed by atoms with van der Waals surface area (Å²) in [7, 11) is 0. The third-order valence-corrected chi connectivity index (χ3v) is 0.577. The van der Waals surface area contributed by atoms with Gasteiger partial charge in [-0.1, -0.05) is 13.8 Å². The summed E-state index contributed by atoms with van der Waals surface area (Å²) in [6, 6.07) is 0. The van der Waals surface area contributed by atoms with E-state index in [1.165, 1.54) is 0 Å². The standard InChI is InChI=1S/2C3H9N.Pt/c2*1-2-3-4;/h2*2-4H2,1H3;. The van der Waals surface area contributed by atoms with Gasteiger partial charge in [0.1, 0.15) is 0 Å². The zero-order valence-electron chi connectivity index (χ0n) is 6.30. The molecule has 0 saturated carbocycles. The summed E-state index contributed by atoms with van der Waals surface area (Å²) < 4.78 is 0. The van der Waals surface area contributed by atoms with Crippen molar-refractivity contribution in [2.45, 2.75) is 26.7 Å². The average molecular weight is 313 g/mol. The quantitative estimate of drug-likeness (QED) is 0.789. The predicted octanol–water partition coefficient (Wildman–Crippen LogP) is 0.708. The van der Waals surface area contributed by atoms with Gasteiger partial charge in [-0.25, -0.2) is 0 Å². The van der Waals surface area contributed by atoms with Crippen molar-refractivity contribution in [3.8, 4) is 0 Å². The second-order valence-corrected chi connectivity index (χ2v) is 1.58. The summed E-state index contributed by atoms with van der Waals surface area (Å²) in [5, 5.41) is 0. The van der Waals surface area contributed by atoms with Crippen molar-refractivity contribution in [3.63, 3.8) is 0 Å². The van der Waals surface area contributed by atoms with Crippen molar-refractivity contribution in [2.75, 3.05) is 13.1 Å². The third kappa shape index (κ3) is 55.3. The molecule has 0 aromatic heterocycles. The van der Waals surface area contributed by atoms with Crippen molar-refractivity contribution < 1.29 is 21.1 Å². The summed E-state index contributed by atoms with van der Waals surface area (Å²) in [6.07, 6.45) is 2.19. The van der Waals surface area contributed by atoms with Gasteiger partial charge in [0.25, 0.3) is 0 Å². The number of hydrogen-bond donors (Lipinski definition) is 2. The predicted molar refractivity (Wildman–Crippen MR) is 38.7 cm³/mol. The average Bonchev–Trinajstić information content (AvgIpc) is 1.88. The van der Waals surface area contributed by atoms with E-state index < -0.39 is 0 Å². The minimum atomic E-state index is 0. The summed E-state index contributed by atoms with van der Waals surface area (Å²) >= 11 is 0. The summed E-state index contributed by atoms with van der Waals surface area (Å²) in [5.41, 5.74) is 10.1.